The summed E-state index contributed by atoms with van der Waals surface area (Å²) in [4.78, 5) is 40.0. The van der Waals surface area contributed by atoms with Gasteiger partial charge in [-0.3, -0.25) is 14.2 Å². The SMILES string of the molecule is CCCn1c(=O)c(C2c3c(C)c(O)c(C)c(C(N)=O)c3OC2(C)C)c(N)n(-c2cccc(C)c2C)c1=O. The molecule has 1 aromatic heterocycles. The lowest BCUT2D eigenvalue weighted by Gasteiger charge is -2.29. The summed E-state index contributed by atoms with van der Waals surface area (Å²) in [7, 11) is 0. The van der Waals surface area contributed by atoms with Gasteiger partial charge in [0.15, 0.2) is 0 Å². The van der Waals surface area contributed by atoms with Gasteiger partial charge in [0, 0.05) is 17.7 Å². The number of hydrogen-bond donors (Lipinski definition) is 3. The monoisotopic (exact) mass is 506 g/mol. The van der Waals surface area contributed by atoms with Gasteiger partial charge in [-0.15, -0.1) is 0 Å². The van der Waals surface area contributed by atoms with Crippen LogP contribution in [0.1, 0.15) is 76.8 Å². The Morgan fingerprint density at radius 3 is 2.32 bits per heavy atom. The molecule has 1 atom stereocenters. The Kier molecular flexibility index (Phi) is 6.22. The molecule has 1 aliphatic heterocycles. The van der Waals surface area contributed by atoms with E-state index in [1.165, 1.54) is 9.13 Å². The van der Waals surface area contributed by atoms with Crippen LogP contribution in [0.15, 0.2) is 27.8 Å². The number of benzene rings is 2. The highest BCUT2D eigenvalue weighted by Gasteiger charge is 2.49. The molecule has 0 spiro atoms. The van der Waals surface area contributed by atoms with Gasteiger partial charge in [-0.2, -0.15) is 0 Å². The van der Waals surface area contributed by atoms with Crippen molar-refractivity contribution in [1.82, 2.24) is 9.13 Å². The van der Waals surface area contributed by atoms with Gasteiger partial charge in [-0.25, -0.2) is 9.36 Å². The smallest absolute Gasteiger partial charge is 0.337 e. The number of carbonyl (C=O) groups is 1. The summed E-state index contributed by atoms with van der Waals surface area (Å²) in [5.41, 5.74) is 14.1. The lowest BCUT2D eigenvalue weighted by atomic mass is 9.78. The summed E-state index contributed by atoms with van der Waals surface area (Å²) in [5, 5.41) is 10.9. The van der Waals surface area contributed by atoms with E-state index in [0.29, 0.717) is 28.8 Å². The van der Waals surface area contributed by atoms with Crippen molar-refractivity contribution in [2.45, 2.75) is 73.0 Å². The number of nitrogens with zero attached hydrogens (tertiary/aromatic N) is 2. The predicted molar refractivity (Wildman–Crippen MR) is 143 cm³/mol. The van der Waals surface area contributed by atoms with Gasteiger partial charge >= 0.3 is 5.69 Å². The minimum absolute atomic E-state index is 0.00864. The van der Waals surface area contributed by atoms with Crippen molar-refractivity contribution in [2.24, 2.45) is 5.73 Å². The summed E-state index contributed by atoms with van der Waals surface area (Å²) in [6.07, 6.45) is 0.553. The third-order valence-electron chi connectivity index (χ3n) is 7.52. The first-order valence-electron chi connectivity index (χ1n) is 12.3. The predicted octanol–water partition coefficient (Wildman–Crippen LogP) is 3.33. The fourth-order valence-corrected chi connectivity index (χ4v) is 5.50. The molecule has 0 bridgehead atoms. The number of ether oxygens (including phenoxy) is 1. The van der Waals surface area contributed by atoms with Crippen molar-refractivity contribution < 1.29 is 14.6 Å². The fraction of sp³-hybridized carbons (Fsp3) is 0.393. The molecule has 2 aromatic carbocycles. The molecule has 0 fully saturated rings. The molecular formula is C28H34N4O5. The summed E-state index contributed by atoms with van der Waals surface area (Å²) >= 11 is 0. The minimum Gasteiger partial charge on any atom is -0.507 e. The first kappa shape index (κ1) is 26.1. The number of hydrogen-bond acceptors (Lipinski definition) is 6. The van der Waals surface area contributed by atoms with Crippen molar-refractivity contribution in [1.29, 1.82) is 0 Å². The molecule has 3 aromatic rings. The molecule has 0 saturated heterocycles. The van der Waals surface area contributed by atoms with E-state index in [1.807, 2.05) is 32.9 Å². The zero-order valence-corrected chi connectivity index (χ0v) is 22.4. The lowest BCUT2D eigenvalue weighted by molar-refractivity contribution is 0.0976. The van der Waals surface area contributed by atoms with Crippen LogP contribution in [0.5, 0.6) is 11.5 Å². The van der Waals surface area contributed by atoms with Crippen LogP contribution < -0.4 is 27.5 Å². The summed E-state index contributed by atoms with van der Waals surface area (Å²) < 4.78 is 8.87. The molecule has 1 aliphatic rings. The number of amides is 1. The highest BCUT2D eigenvalue weighted by Crippen LogP contribution is 2.54. The zero-order chi connectivity index (χ0) is 27.6. The number of aromatic hydroxyl groups is 1. The Bertz CT molecular complexity index is 1580. The summed E-state index contributed by atoms with van der Waals surface area (Å²) in [6.45, 7) is 12.8. The second kappa shape index (κ2) is 8.83. The Labute approximate surface area is 215 Å². The number of primary amides is 1. The number of nitrogens with two attached hydrogens (primary N) is 2. The molecule has 4 rings (SSSR count). The van der Waals surface area contributed by atoms with E-state index in [1.54, 1.807) is 33.8 Å². The van der Waals surface area contributed by atoms with Crippen molar-refractivity contribution in [3.05, 3.63) is 78.0 Å². The van der Waals surface area contributed by atoms with Crippen molar-refractivity contribution in [3.8, 4) is 17.2 Å². The van der Waals surface area contributed by atoms with E-state index in [2.05, 4.69) is 0 Å². The Morgan fingerprint density at radius 2 is 1.73 bits per heavy atom. The van der Waals surface area contributed by atoms with Gasteiger partial charge < -0.3 is 21.3 Å². The molecule has 2 heterocycles. The maximum absolute atomic E-state index is 14.0. The Hall–Kier alpha value is -4.01. The Balaban J connectivity index is 2.19. The zero-order valence-electron chi connectivity index (χ0n) is 22.4. The van der Waals surface area contributed by atoms with Gasteiger partial charge in [0.25, 0.3) is 11.5 Å². The molecule has 0 saturated carbocycles. The van der Waals surface area contributed by atoms with E-state index >= 15 is 0 Å². The maximum Gasteiger partial charge on any atom is 0.337 e. The van der Waals surface area contributed by atoms with Crippen molar-refractivity contribution >= 4 is 11.7 Å². The molecule has 9 nitrogen and oxygen atoms in total. The van der Waals surface area contributed by atoms with E-state index in [9.17, 15) is 19.5 Å². The summed E-state index contributed by atoms with van der Waals surface area (Å²) in [6, 6.07) is 5.56. The molecule has 37 heavy (non-hydrogen) atoms. The topological polar surface area (TPSA) is 143 Å². The molecule has 1 unspecified atom stereocenters. The van der Waals surface area contributed by atoms with Gasteiger partial charge in [-0.1, -0.05) is 19.1 Å². The first-order chi connectivity index (χ1) is 17.3. The number of carbonyl (C=O) groups excluding carboxylic acids is 1. The number of aryl methyl sites for hydroxylation is 1. The number of nitrogen functional groups attached to an aromatic ring is 1. The van der Waals surface area contributed by atoms with Crippen molar-refractivity contribution in [2.75, 3.05) is 5.73 Å². The quantitative estimate of drug-likeness (QED) is 0.484. The third-order valence-corrected chi connectivity index (χ3v) is 7.52. The number of fused-ring (bicyclic) bond motifs is 1. The number of anilines is 1. The van der Waals surface area contributed by atoms with Crippen LogP contribution >= 0.6 is 0 Å². The maximum atomic E-state index is 14.0. The van der Waals surface area contributed by atoms with E-state index < -0.39 is 28.7 Å². The van der Waals surface area contributed by atoms with Crippen LogP contribution in [0.2, 0.25) is 0 Å². The third kappa shape index (κ3) is 3.72. The van der Waals surface area contributed by atoms with E-state index in [4.69, 9.17) is 16.2 Å². The standard InChI is InChI=1S/C28H34N4O5/c1-8-12-31-26(35)20(24(29)32(27(31)36)17-11-9-10-13(2)14(17)3)21-18-15(4)22(33)16(5)19(25(30)34)23(18)37-28(21,6)7/h9-11,21,33H,8,12,29H2,1-7H3,(H2,30,34). The highest BCUT2D eigenvalue weighted by atomic mass is 16.5. The highest BCUT2D eigenvalue weighted by molar-refractivity contribution is 5.99. The number of aromatic nitrogens is 2. The molecule has 5 N–H and O–H groups in total. The largest absolute Gasteiger partial charge is 0.507 e. The Morgan fingerprint density at radius 1 is 1.08 bits per heavy atom. The lowest BCUT2D eigenvalue weighted by Crippen LogP contribution is -2.45. The average Bonchev–Trinajstić information content (AvgIpc) is 3.08. The van der Waals surface area contributed by atoms with Crippen LogP contribution in [-0.4, -0.2) is 25.7 Å². The van der Waals surface area contributed by atoms with Gasteiger partial charge in [-0.05, 0) is 70.7 Å². The second-order valence-corrected chi connectivity index (χ2v) is 10.3. The molecular weight excluding hydrogens is 472 g/mol. The van der Waals surface area contributed by atoms with Crippen molar-refractivity contribution in [3.63, 3.8) is 0 Å². The summed E-state index contributed by atoms with van der Waals surface area (Å²) in [5.74, 6) is -1.43. The van der Waals surface area contributed by atoms with Crippen LogP contribution in [0.3, 0.4) is 0 Å². The van der Waals surface area contributed by atoms with Gasteiger partial charge in [0.2, 0.25) is 0 Å². The fourth-order valence-electron chi connectivity index (χ4n) is 5.50. The van der Waals surface area contributed by atoms with Gasteiger partial charge in [0.05, 0.1) is 22.7 Å². The van der Waals surface area contributed by atoms with Crippen LogP contribution in [0, 0.1) is 27.7 Å². The second-order valence-electron chi connectivity index (χ2n) is 10.3. The number of phenols is 1. The van der Waals surface area contributed by atoms with E-state index in [0.717, 1.165) is 11.1 Å². The number of phenolic OH excluding ortho intramolecular Hbond substituents is 1. The van der Waals surface area contributed by atoms with Crippen LogP contribution in [-0.2, 0) is 6.54 Å². The molecule has 0 radical (unpaired) electrons. The average molecular weight is 507 g/mol. The van der Waals surface area contributed by atoms with E-state index in [-0.39, 0.29) is 35.0 Å². The molecule has 196 valence electrons. The molecule has 0 aliphatic carbocycles. The van der Waals surface area contributed by atoms with Crippen LogP contribution in [0.25, 0.3) is 5.69 Å². The van der Waals surface area contributed by atoms with Gasteiger partial charge in [0.1, 0.15) is 22.9 Å². The molecule has 1 amide bonds. The van der Waals surface area contributed by atoms with Crippen LogP contribution in [0.4, 0.5) is 5.82 Å². The minimum atomic E-state index is -1.06. The normalized spacial score (nSPS) is 15.9. The number of rotatable bonds is 5. The first-order valence-corrected chi connectivity index (χ1v) is 12.3. The molecule has 9 heteroatoms.